The van der Waals surface area contributed by atoms with Crippen LogP contribution < -0.4 is 91.9 Å². The number of aliphatic hydroxyl groups is 2. The Morgan fingerprint density at radius 1 is 0.565 bits per heavy atom. The highest BCUT2D eigenvalue weighted by atomic mass is 33.1. The molecule has 30 nitrogen and oxygen atoms in total. The van der Waals surface area contributed by atoms with Crippen molar-refractivity contribution in [1.82, 2.24) is 58.5 Å². The number of hydrogen-bond acceptors (Lipinski definition) is 21. The van der Waals surface area contributed by atoms with Crippen LogP contribution in [0.25, 0.3) is 0 Å². The van der Waals surface area contributed by atoms with Crippen LogP contribution in [0.1, 0.15) is 71.8 Å². The Bertz CT molecular complexity index is 2900. The third-order valence-corrected chi connectivity index (χ3v) is 16.5. The quantitative estimate of drug-likeness (QED) is 0.0308. The van der Waals surface area contributed by atoms with Gasteiger partial charge in [-0.05, 0) is 126 Å². The Morgan fingerprint density at radius 2 is 1.08 bits per heavy atom. The summed E-state index contributed by atoms with van der Waals surface area (Å²) in [5, 5.41) is 49.7. The molecule has 3 aromatic carbocycles. The van der Waals surface area contributed by atoms with Crippen LogP contribution in [0.15, 0.2) is 89.8 Å². The van der Waals surface area contributed by atoms with Gasteiger partial charge in [-0.1, -0.05) is 84.0 Å². The van der Waals surface area contributed by atoms with Gasteiger partial charge in [-0.25, -0.2) is 0 Å². The second-order valence-corrected chi connectivity index (χ2v) is 24.6. The summed E-state index contributed by atoms with van der Waals surface area (Å²) in [4.78, 5) is 155. The van der Waals surface area contributed by atoms with E-state index in [0.717, 1.165) is 4.90 Å². The summed E-state index contributed by atoms with van der Waals surface area (Å²) in [6, 6.07) is 9.66. The number of nitrogens with two attached hydrogens (primary N) is 5. The lowest BCUT2D eigenvalue weighted by Crippen LogP contribution is -2.62. The number of para-hydroxylation sites is 1. The highest BCUT2D eigenvalue weighted by Gasteiger charge is 2.38. The first-order chi connectivity index (χ1) is 43.9. The van der Waals surface area contributed by atoms with Gasteiger partial charge in [-0.3, -0.25) is 52.7 Å². The number of amides is 11. The zero-order valence-corrected chi connectivity index (χ0v) is 53.6. The van der Waals surface area contributed by atoms with E-state index in [2.05, 4.69) is 58.5 Å². The molecule has 32 heteroatoms. The molecule has 0 saturated carbocycles. The predicted molar refractivity (Wildman–Crippen MR) is 345 cm³/mol. The minimum atomic E-state index is -1.76. The van der Waals surface area contributed by atoms with E-state index in [0.29, 0.717) is 17.1 Å². The summed E-state index contributed by atoms with van der Waals surface area (Å²) in [7, 11) is 2.45. The Morgan fingerprint density at radius 3 is 1.61 bits per heavy atom. The number of benzene rings is 3. The van der Waals surface area contributed by atoms with Crippen molar-refractivity contribution < 1.29 is 67.7 Å². The van der Waals surface area contributed by atoms with E-state index in [-0.39, 0.29) is 76.4 Å². The molecular formula is C60H90N16O14S2. The van der Waals surface area contributed by atoms with Crippen LogP contribution in [0.5, 0.6) is 11.5 Å². The van der Waals surface area contributed by atoms with Crippen LogP contribution in [0.4, 0.5) is 0 Å². The molecule has 0 radical (unpaired) electrons. The van der Waals surface area contributed by atoms with Crippen LogP contribution >= 0.6 is 21.6 Å². The van der Waals surface area contributed by atoms with Crippen LogP contribution in [0.3, 0.4) is 0 Å². The van der Waals surface area contributed by atoms with Crippen molar-refractivity contribution >= 4 is 86.6 Å². The molecular weight excluding hydrogens is 1230 g/mol. The molecule has 1 fully saturated rings. The van der Waals surface area contributed by atoms with Crippen LogP contribution in [-0.4, -0.2) is 193 Å². The molecule has 1 heterocycles. The first-order valence-corrected chi connectivity index (χ1v) is 32.6. The second kappa shape index (κ2) is 40.1. The average Bonchev–Trinajstić information content (AvgIpc) is 1.50. The number of ether oxygens (including phenoxy) is 1. The average molecular weight is 1320 g/mol. The van der Waals surface area contributed by atoms with Gasteiger partial charge in [0, 0.05) is 23.6 Å². The molecule has 1 saturated heterocycles. The molecule has 3 aromatic rings. The molecule has 92 heavy (non-hydrogen) atoms. The second-order valence-electron chi connectivity index (χ2n) is 22.2. The van der Waals surface area contributed by atoms with Crippen LogP contribution in [0, 0.1) is 5.92 Å². The van der Waals surface area contributed by atoms with Crippen molar-refractivity contribution in [3.05, 3.63) is 90.5 Å². The molecule has 23 N–H and O–H groups in total. The molecule has 12 atom stereocenters. The Hall–Kier alpha value is -7.95. The van der Waals surface area contributed by atoms with Crippen molar-refractivity contribution in [3.8, 4) is 11.5 Å². The minimum absolute atomic E-state index is 0.0363. The molecule has 1 aliphatic rings. The largest absolute Gasteiger partial charge is 0.457 e. The van der Waals surface area contributed by atoms with Crippen molar-refractivity contribution in [2.75, 3.05) is 45.0 Å². The Labute approximate surface area is 542 Å². The number of carbonyl (C=O) groups is 11. The SMILES string of the molecule is CC(C)C[C@@H]1NC(=O)[C@@H](Cc2ccccc2)NC(=O)[C@H](CCN)NC(=O)[C@@H](NC(=O)[C@H](CCN)NC(=O)[C@@H](NC(=O)[C@H](CSSc2ccc(Oc3ccccc3)cc2)NC(=O)CN)[C@@H](C)O)CCNC(=O)[C@H]([C@@H](C)O)NC(=O)[C@H](CCN)NC(=O)[C@H](CCN)NC1=O. The normalized spacial score (nSPS) is 21.6. The summed E-state index contributed by atoms with van der Waals surface area (Å²) in [5.74, 6) is -9.28. The smallest absolute Gasteiger partial charge is 0.245 e. The maximum atomic E-state index is 14.6. The lowest BCUT2D eigenvalue weighted by molar-refractivity contribution is -0.136. The number of hydrogen-bond donors (Lipinski definition) is 18. The third-order valence-electron chi connectivity index (χ3n) is 14.1. The van der Waals surface area contributed by atoms with Gasteiger partial charge >= 0.3 is 0 Å². The maximum absolute atomic E-state index is 14.6. The van der Waals surface area contributed by atoms with E-state index < -0.39 is 157 Å². The molecule has 0 aliphatic carbocycles. The molecule has 0 spiro atoms. The van der Waals surface area contributed by atoms with Gasteiger partial charge in [-0.2, -0.15) is 0 Å². The number of rotatable bonds is 28. The minimum Gasteiger partial charge on any atom is -0.457 e. The van der Waals surface area contributed by atoms with Crippen molar-refractivity contribution in [3.63, 3.8) is 0 Å². The fraction of sp³-hybridized carbons (Fsp3) is 0.517. The summed E-state index contributed by atoms with van der Waals surface area (Å²) in [6.07, 6.45) is -4.65. The van der Waals surface area contributed by atoms with Gasteiger partial charge in [0.2, 0.25) is 65.0 Å². The van der Waals surface area contributed by atoms with E-state index in [9.17, 15) is 63.0 Å². The molecule has 506 valence electrons. The third kappa shape index (κ3) is 26.0. The molecule has 0 aromatic heterocycles. The van der Waals surface area contributed by atoms with Gasteiger partial charge in [0.1, 0.15) is 71.9 Å². The highest BCUT2D eigenvalue weighted by molar-refractivity contribution is 8.76. The lowest BCUT2D eigenvalue weighted by atomic mass is 10.00. The lowest BCUT2D eigenvalue weighted by Gasteiger charge is -2.29. The first kappa shape index (κ1) is 76.5. The standard InChI is InChI=1S/C60H90N16O14S2/c1-33(2)29-45-56(85)70-40(19-24-61)51(80)69-43(22-27-64)55(84)75-49(34(3)77)59(88)66-28-23-44(54(83)68-41(20-25-62)53(82)74-46(57(86)73-45)30-36-11-7-5-8-12-36)71-52(81)42(21-26-63)72-60(89)50(35(4)78)76-58(87)47(67-48(79)31-65)32-91-92-39-17-15-38(16-18-39)90-37-13-9-6-10-14-37/h5-18,33-35,40-47,49-50,77-78H,19-32,61-65H2,1-4H3,(H,66,88)(H,67,79)(H,68,83)(H,69,80)(H,70,85)(H,71,81)(H,72,89)(H,73,86)(H,74,82)(H,75,84)(H,76,87)/t34-,35-,40+,41+,42+,43+,44+,45+,46-,47+,49+,50+/m1/s1. The van der Waals surface area contributed by atoms with Crippen LogP contribution in [-0.2, 0) is 59.2 Å². The Balaban J connectivity index is 1.67. The van der Waals surface area contributed by atoms with Gasteiger partial charge < -0.3 is 102 Å². The van der Waals surface area contributed by atoms with E-state index in [4.69, 9.17) is 33.4 Å². The maximum Gasteiger partial charge on any atom is 0.245 e. The van der Waals surface area contributed by atoms with Crippen molar-refractivity contribution in [1.29, 1.82) is 0 Å². The van der Waals surface area contributed by atoms with Crippen molar-refractivity contribution in [2.24, 2.45) is 34.6 Å². The highest BCUT2D eigenvalue weighted by Crippen LogP contribution is 2.33. The zero-order chi connectivity index (χ0) is 67.9. The molecule has 4 rings (SSSR count). The molecule has 1 aliphatic heterocycles. The molecule has 0 bridgehead atoms. The summed E-state index contributed by atoms with van der Waals surface area (Å²) in [5.41, 5.74) is 29.8. The van der Waals surface area contributed by atoms with Gasteiger partial charge in [0.05, 0.1) is 18.8 Å². The molecule has 11 amide bonds. The summed E-state index contributed by atoms with van der Waals surface area (Å²) >= 11 is 0. The topological polar surface area (TPSA) is 500 Å². The van der Waals surface area contributed by atoms with Gasteiger partial charge in [-0.15, -0.1) is 0 Å². The zero-order valence-electron chi connectivity index (χ0n) is 52.0. The van der Waals surface area contributed by atoms with Crippen LogP contribution in [0.2, 0.25) is 0 Å². The van der Waals surface area contributed by atoms with E-state index in [1.54, 1.807) is 80.6 Å². The van der Waals surface area contributed by atoms with E-state index in [1.807, 2.05) is 18.2 Å². The first-order valence-electron chi connectivity index (χ1n) is 30.2. The number of carbonyl (C=O) groups excluding carboxylic acids is 11. The van der Waals surface area contributed by atoms with E-state index >= 15 is 0 Å². The van der Waals surface area contributed by atoms with Gasteiger partial charge in [0.25, 0.3) is 0 Å². The molecule has 0 unspecified atom stereocenters. The van der Waals surface area contributed by atoms with Gasteiger partial charge in [0.15, 0.2) is 0 Å². The van der Waals surface area contributed by atoms with E-state index in [1.165, 1.54) is 35.4 Å². The number of nitrogens with one attached hydrogen (secondary N) is 11. The fourth-order valence-electron chi connectivity index (χ4n) is 9.23. The predicted octanol–water partition coefficient (Wildman–Crippen LogP) is -4.01. The number of aliphatic hydroxyl groups excluding tert-OH is 2. The summed E-state index contributed by atoms with van der Waals surface area (Å²) in [6.45, 7) is 4.24. The fourth-order valence-corrected chi connectivity index (χ4v) is 11.4. The Kier molecular flexibility index (Phi) is 33.4. The summed E-state index contributed by atoms with van der Waals surface area (Å²) < 4.78 is 5.86. The van der Waals surface area contributed by atoms with Crippen molar-refractivity contribution in [2.45, 2.75) is 150 Å². The monoisotopic (exact) mass is 1320 g/mol.